The molecular weight excluding hydrogens is 320 g/mol. The molecule has 0 saturated carbocycles. The molecule has 0 saturated heterocycles. The van der Waals surface area contributed by atoms with Gasteiger partial charge in [0.25, 0.3) is 0 Å². The van der Waals surface area contributed by atoms with Crippen molar-refractivity contribution < 1.29 is 9.59 Å². The Morgan fingerprint density at radius 2 is 1.68 bits per heavy atom. The van der Waals surface area contributed by atoms with Crippen molar-refractivity contribution in [1.82, 2.24) is 5.32 Å². The molecule has 0 unspecified atom stereocenters. The largest absolute Gasteiger partial charge is 0.325 e. The molecule has 6 heteroatoms. The molecule has 0 aromatic heterocycles. The van der Waals surface area contributed by atoms with Crippen molar-refractivity contribution in [3.05, 3.63) is 59.6 Å². The molecule has 4 nitrogen and oxygen atoms in total. The number of imide groups is 1. The normalized spacial score (nSPS) is 11.5. The zero-order valence-electron chi connectivity index (χ0n) is 11.9. The minimum atomic E-state index is -0.553. The molecule has 0 radical (unpaired) electrons. The van der Waals surface area contributed by atoms with E-state index in [1.165, 1.54) is 11.8 Å². The average Bonchev–Trinajstić information content (AvgIpc) is 2.50. The lowest BCUT2D eigenvalue weighted by molar-refractivity contribution is -0.119. The summed E-state index contributed by atoms with van der Waals surface area (Å²) in [6, 6.07) is 15.6. The van der Waals surface area contributed by atoms with Gasteiger partial charge in [-0.25, -0.2) is 4.79 Å². The zero-order chi connectivity index (χ0) is 15.9. The van der Waals surface area contributed by atoms with Crippen LogP contribution in [-0.2, 0) is 4.79 Å². The number of anilines is 1. The van der Waals surface area contributed by atoms with Crippen molar-refractivity contribution in [2.24, 2.45) is 0 Å². The first-order valence-electron chi connectivity index (χ1n) is 6.64. The Morgan fingerprint density at radius 3 is 2.36 bits per heavy atom. The Hall–Kier alpha value is -1.98. The summed E-state index contributed by atoms with van der Waals surface area (Å²) in [6.07, 6.45) is 0. The highest BCUT2D eigenvalue weighted by atomic mass is 35.5. The van der Waals surface area contributed by atoms with E-state index < -0.39 is 11.3 Å². The van der Waals surface area contributed by atoms with Gasteiger partial charge in [-0.15, -0.1) is 11.8 Å². The molecule has 0 fully saturated rings. The number of carbonyl (C=O) groups excluding carboxylic acids is 2. The van der Waals surface area contributed by atoms with Crippen LogP contribution in [0, 0.1) is 0 Å². The summed E-state index contributed by atoms with van der Waals surface area (Å²) in [5.74, 6) is -0.377. The van der Waals surface area contributed by atoms with E-state index in [4.69, 9.17) is 11.6 Å². The molecule has 0 heterocycles. The van der Waals surface area contributed by atoms with Crippen LogP contribution in [0.15, 0.2) is 59.5 Å². The van der Waals surface area contributed by atoms with Gasteiger partial charge in [-0.3, -0.25) is 10.1 Å². The standard InChI is InChI=1S/C16H15ClN2O2S/c1-11(22-14-10-6-5-9-13(14)17)15(20)19-16(21)18-12-7-3-2-4-8-12/h2-11H,1H3,(H2,18,19,20,21)/t11-/m0/s1. The van der Waals surface area contributed by atoms with Gasteiger partial charge in [0.1, 0.15) is 0 Å². The van der Waals surface area contributed by atoms with Gasteiger partial charge >= 0.3 is 6.03 Å². The molecule has 1 atom stereocenters. The number of amides is 3. The quantitative estimate of drug-likeness (QED) is 0.825. The Balaban J connectivity index is 1.88. The molecular formula is C16H15ClN2O2S. The molecule has 0 spiro atoms. The molecule has 2 N–H and O–H groups in total. The molecule has 0 aliphatic rings. The van der Waals surface area contributed by atoms with E-state index in [0.29, 0.717) is 10.7 Å². The van der Waals surface area contributed by atoms with Crippen molar-refractivity contribution in [2.75, 3.05) is 5.32 Å². The van der Waals surface area contributed by atoms with Crippen LogP contribution >= 0.6 is 23.4 Å². The second-order valence-corrected chi connectivity index (χ2v) is 6.29. The first kappa shape index (κ1) is 16.4. The number of hydrogen-bond acceptors (Lipinski definition) is 3. The predicted octanol–water partition coefficient (Wildman–Crippen LogP) is 4.17. The van der Waals surface area contributed by atoms with E-state index in [9.17, 15) is 9.59 Å². The first-order valence-corrected chi connectivity index (χ1v) is 7.90. The summed E-state index contributed by atoms with van der Waals surface area (Å²) >= 11 is 7.36. The van der Waals surface area contributed by atoms with Crippen LogP contribution in [-0.4, -0.2) is 17.2 Å². The highest BCUT2D eigenvalue weighted by Crippen LogP contribution is 2.29. The van der Waals surface area contributed by atoms with E-state index in [0.717, 1.165) is 4.90 Å². The highest BCUT2D eigenvalue weighted by molar-refractivity contribution is 8.00. The fraction of sp³-hybridized carbons (Fsp3) is 0.125. The van der Waals surface area contributed by atoms with Gasteiger partial charge in [-0.05, 0) is 31.2 Å². The summed E-state index contributed by atoms with van der Waals surface area (Å²) in [5.41, 5.74) is 0.624. The van der Waals surface area contributed by atoms with Gasteiger partial charge in [0.2, 0.25) is 5.91 Å². The molecule has 0 aliphatic carbocycles. The lowest BCUT2D eigenvalue weighted by Gasteiger charge is -2.12. The van der Waals surface area contributed by atoms with Crippen molar-refractivity contribution >= 4 is 41.0 Å². The summed E-state index contributed by atoms with van der Waals surface area (Å²) in [4.78, 5) is 24.6. The molecule has 0 aliphatic heterocycles. The van der Waals surface area contributed by atoms with Crippen molar-refractivity contribution in [3.63, 3.8) is 0 Å². The SMILES string of the molecule is C[C@H](Sc1ccccc1Cl)C(=O)NC(=O)Nc1ccccc1. The van der Waals surface area contributed by atoms with E-state index in [2.05, 4.69) is 10.6 Å². The van der Waals surface area contributed by atoms with Gasteiger partial charge in [-0.2, -0.15) is 0 Å². The third-order valence-electron chi connectivity index (χ3n) is 2.78. The summed E-state index contributed by atoms with van der Waals surface area (Å²) in [6.45, 7) is 1.72. The summed E-state index contributed by atoms with van der Waals surface area (Å²) < 4.78 is 0. The zero-order valence-corrected chi connectivity index (χ0v) is 13.4. The second-order valence-electron chi connectivity index (χ2n) is 4.50. The molecule has 2 aromatic carbocycles. The van der Waals surface area contributed by atoms with Crippen molar-refractivity contribution in [3.8, 4) is 0 Å². The van der Waals surface area contributed by atoms with Gasteiger partial charge in [0.05, 0.1) is 10.3 Å². The van der Waals surface area contributed by atoms with Crippen LogP contribution in [0.2, 0.25) is 5.02 Å². The van der Waals surface area contributed by atoms with Crippen LogP contribution in [0.4, 0.5) is 10.5 Å². The molecule has 2 rings (SSSR count). The van der Waals surface area contributed by atoms with E-state index >= 15 is 0 Å². The number of benzene rings is 2. The van der Waals surface area contributed by atoms with Gasteiger partial charge < -0.3 is 5.32 Å². The Morgan fingerprint density at radius 1 is 1.05 bits per heavy atom. The number of rotatable bonds is 4. The number of urea groups is 1. The van der Waals surface area contributed by atoms with Gasteiger partial charge in [-0.1, -0.05) is 41.9 Å². The van der Waals surface area contributed by atoms with Crippen LogP contribution in [0.1, 0.15) is 6.92 Å². The number of nitrogens with one attached hydrogen (secondary N) is 2. The first-order chi connectivity index (χ1) is 10.6. The molecule has 2 aromatic rings. The number of halogens is 1. The third kappa shape index (κ3) is 4.79. The molecule has 3 amide bonds. The average molecular weight is 335 g/mol. The maximum absolute atomic E-state index is 12.0. The number of thioether (sulfide) groups is 1. The Bertz CT molecular complexity index is 664. The van der Waals surface area contributed by atoms with E-state index in [-0.39, 0.29) is 5.91 Å². The van der Waals surface area contributed by atoms with Crippen molar-refractivity contribution in [1.29, 1.82) is 0 Å². The third-order valence-corrected chi connectivity index (χ3v) is 4.40. The minimum Gasteiger partial charge on any atom is -0.308 e. The summed E-state index contributed by atoms with van der Waals surface area (Å²) in [7, 11) is 0. The van der Waals surface area contributed by atoms with Crippen LogP contribution in [0.25, 0.3) is 0 Å². The van der Waals surface area contributed by atoms with E-state index in [1.807, 2.05) is 24.3 Å². The second kappa shape index (κ2) is 7.87. The Kier molecular flexibility index (Phi) is 5.86. The van der Waals surface area contributed by atoms with Crippen molar-refractivity contribution in [2.45, 2.75) is 17.1 Å². The maximum atomic E-state index is 12.0. The highest BCUT2D eigenvalue weighted by Gasteiger charge is 2.18. The molecule has 114 valence electrons. The Labute approximate surface area is 138 Å². The minimum absolute atomic E-state index is 0.377. The fourth-order valence-corrected chi connectivity index (χ4v) is 2.84. The number of hydrogen-bond donors (Lipinski definition) is 2. The smallest absolute Gasteiger partial charge is 0.308 e. The number of carbonyl (C=O) groups is 2. The summed E-state index contributed by atoms with van der Waals surface area (Å²) in [5, 5.41) is 5.05. The molecule has 22 heavy (non-hydrogen) atoms. The molecule has 0 bridgehead atoms. The van der Waals surface area contributed by atoms with Gasteiger partial charge in [0, 0.05) is 10.6 Å². The maximum Gasteiger partial charge on any atom is 0.325 e. The predicted molar refractivity (Wildman–Crippen MR) is 90.4 cm³/mol. The van der Waals surface area contributed by atoms with E-state index in [1.54, 1.807) is 37.3 Å². The topological polar surface area (TPSA) is 58.2 Å². The van der Waals surface area contributed by atoms with Gasteiger partial charge in [0.15, 0.2) is 0 Å². The monoisotopic (exact) mass is 334 g/mol. The number of para-hydroxylation sites is 1. The fourth-order valence-electron chi connectivity index (χ4n) is 1.68. The lowest BCUT2D eigenvalue weighted by atomic mass is 10.3. The van der Waals surface area contributed by atoms with Crippen LogP contribution in [0.3, 0.4) is 0 Å². The lowest BCUT2D eigenvalue weighted by Crippen LogP contribution is -2.38. The van der Waals surface area contributed by atoms with Crippen LogP contribution in [0.5, 0.6) is 0 Å². The van der Waals surface area contributed by atoms with Crippen LogP contribution < -0.4 is 10.6 Å².